The van der Waals surface area contributed by atoms with Crippen LogP contribution in [0.5, 0.6) is 5.75 Å². The standard InChI is InChI=1S/C20H15N3O4/c1-20(2)16-12(6-7-14(27-3)17(16)23(25)26)18(24)15-11-5-4-10(9-21)8-13(11)22-19(15)20/h4-8,22H,1-3H3. The fraction of sp³-hybridized carbons (Fsp3) is 0.200. The van der Waals surface area contributed by atoms with E-state index in [0.29, 0.717) is 38.9 Å². The molecule has 0 saturated carbocycles. The van der Waals surface area contributed by atoms with Crippen LogP contribution in [-0.2, 0) is 5.41 Å². The molecule has 0 unspecified atom stereocenters. The summed E-state index contributed by atoms with van der Waals surface area (Å²) in [4.78, 5) is 27.7. The molecule has 1 aliphatic rings. The van der Waals surface area contributed by atoms with E-state index in [9.17, 15) is 14.9 Å². The highest BCUT2D eigenvalue weighted by atomic mass is 16.6. The number of methoxy groups -OCH3 is 1. The number of hydrogen-bond donors (Lipinski definition) is 1. The number of carbonyl (C=O) groups is 1. The normalized spacial score (nSPS) is 14.4. The zero-order valence-corrected chi connectivity index (χ0v) is 14.9. The maximum atomic E-state index is 13.3. The monoisotopic (exact) mass is 361 g/mol. The zero-order valence-electron chi connectivity index (χ0n) is 14.9. The first kappa shape index (κ1) is 16.8. The van der Waals surface area contributed by atoms with E-state index in [4.69, 9.17) is 10.00 Å². The minimum absolute atomic E-state index is 0.117. The number of hydrogen-bond acceptors (Lipinski definition) is 5. The van der Waals surface area contributed by atoms with Crippen molar-refractivity contribution in [3.05, 3.63) is 68.4 Å². The molecule has 0 radical (unpaired) electrons. The largest absolute Gasteiger partial charge is 0.490 e. The van der Waals surface area contributed by atoms with Gasteiger partial charge in [-0.15, -0.1) is 0 Å². The van der Waals surface area contributed by atoms with Crippen LogP contribution in [0.25, 0.3) is 10.9 Å². The minimum atomic E-state index is -0.832. The van der Waals surface area contributed by atoms with Gasteiger partial charge in [0, 0.05) is 27.6 Å². The number of rotatable bonds is 2. The van der Waals surface area contributed by atoms with Crippen LogP contribution in [0.1, 0.15) is 46.6 Å². The van der Waals surface area contributed by atoms with Gasteiger partial charge in [0.1, 0.15) is 0 Å². The number of nitro groups is 1. The van der Waals surface area contributed by atoms with E-state index >= 15 is 0 Å². The fourth-order valence-electron chi connectivity index (χ4n) is 3.97. The summed E-state index contributed by atoms with van der Waals surface area (Å²) in [6.45, 7) is 3.67. The lowest BCUT2D eigenvalue weighted by molar-refractivity contribution is -0.386. The second kappa shape index (κ2) is 5.42. The van der Waals surface area contributed by atoms with Crippen molar-refractivity contribution in [2.75, 3.05) is 7.11 Å². The molecule has 0 atom stereocenters. The van der Waals surface area contributed by atoms with Gasteiger partial charge in [-0.05, 0) is 38.1 Å². The molecule has 0 spiro atoms. The van der Waals surface area contributed by atoms with Crippen molar-refractivity contribution in [1.29, 1.82) is 5.26 Å². The Morgan fingerprint density at radius 1 is 1.26 bits per heavy atom. The lowest BCUT2D eigenvalue weighted by Gasteiger charge is -2.31. The van der Waals surface area contributed by atoms with Gasteiger partial charge in [-0.25, -0.2) is 0 Å². The van der Waals surface area contributed by atoms with Gasteiger partial charge in [-0.3, -0.25) is 14.9 Å². The number of aromatic amines is 1. The summed E-state index contributed by atoms with van der Waals surface area (Å²) in [7, 11) is 1.37. The number of nitriles is 1. The van der Waals surface area contributed by atoms with Gasteiger partial charge in [-0.2, -0.15) is 5.26 Å². The zero-order chi connectivity index (χ0) is 19.5. The molecule has 1 aromatic heterocycles. The van der Waals surface area contributed by atoms with Gasteiger partial charge in [-0.1, -0.05) is 6.07 Å². The maximum absolute atomic E-state index is 13.3. The van der Waals surface area contributed by atoms with Gasteiger partial charge in [0.15, 0.2) is 11.5 Å². The number of nitrogens with one attached hydrogen (secondary N) is 1. The van der Waals surface area contributed by atoms with Crippen LogP contribution >= 0.6 is 0 Å². The summed E-state index contributed by atoms with van der Waals surface area (Å²) in [6, 6.07) is 10.2. The third kappa shape index (κ3) is 2.10. The Kier molecular flexibility index (Phi) is 3.37. The van der Waals surface area contributed by atoms with Crippen molar-refractivity contribution >= 4 is 22.4 Å². The molecule has 0 aliphatic heterocycles. The van der Waals surface area contributed by atoms with Gasteiger partial charge < -0.3 is 9.72 Å². The van der Waals surface area contributed by atoms with E-state index in [1.165, 1.54) is 13.2 Å². The Hall–Kier alpha value is -3.66. The summed E-state index contributed by atoms with van der Waals surface area (Å²) in [5, 5.41) is 21.6. The molecule has 134 valence electrons. The highest BCUT2D eigenvalue weighted by molar-refractivity contribution is 6.20. The predicted octanol–water partition coefficient (Wildman–Crippen LogP) is 3.83. The van der Waals surface area contributed by atoms with Crippen LogP contribution in [0.2, 0.25) is 0 Å². The highest BCUT2D eigenvalue weighted by Gasteiger charge is 2.45. The van der Waals surface area contributed by atoms with Gasteiger partial charge in [0.2, 0.25) is 0 Å². The van der Waals surface area contributed by atoms with Crippen molar-refractivity contribution in [3.63, 3.8) is 0 Å². The van der Waals surface area contributed by atoms with Crippen LogP contribution in [0.15, 0.2) is 30.3 Å². The summed E-state index contributed by atoms with van der Waals surface area (Å²) >= 11 is 0. The molecule has 0 bridgehead atoms. The van der Waals surface area contributed by atoms with E-state index < -0.39 is 10.3 Å². The Morgan fingerprint density at radius 2 is 2.00 bits per heavy atom. The van der Waals surface area contributed by atoms with Gasteiger partial charge >= 0.3 is 5.69 Å². The summed E-state index contributed by atoms with van der Waals surface area (Å²) in [6.07, 6.45) is 0. The summed E-state index contributed by atoms with van der Waals surface area (Å²) in [5.41, 5.74) is 1.81. The van der Waals surface area contributed by atoms with Crippen LogP contribution in [0.3, 0.4) is 0 Å². The molecule has 4 rings (SSSR count). The molecular formula is C20H15N3O4. The molecule has 1 heterocycles. The van der Waals surface area contributed by atoms with Crippen LogP contribution in [-0.4, -0.2) is 22.8 Å². The van der Waals surface area contributed by atoms with Crippen LogP contribution in [0.4, 0.5) is 5.69 Å². The van der Waals surface area contributed by atoms with Crippen molar-refractivity contribution < 1.29 is 14.5 Å². The first-order valence-electron chi connectivity index (χ1n) is 8.28. The lowest BCUT2D eigenvalue weighted by atomic mass is 9.70. The maximum Gasteiger partial charge on any atom is 0.315 e. The Labute approximate surface area is 154 Å². The second-order valence-electron chi connectivity index (χ2n) is 7.00. The molecule has 1 N–H and O–H groups in total. The molecular weight excluding hydrogens is 346 g/mol. The molecule has 7 nitrogen and oxygen atoms in total. The van der Waals surface area contributed by atoms with Crippen LogP contribution < -0.4 is 4.74 Å². The highest BCUT2D eigenvalue weighted by Crippen LogP contribution is 2.49. The molecule has 0 saturated heterocycles. The number of carbonyl (C=O) groups excluding carboxylic acids is 1. The van der Waals surface area contributed by atoms with Gasteiger partial charge in [0.25, 0.3) is 0 Å². The number of H-pyrrole nitrogens is 1. The SMILES string of the molecule is COc1ccc2c(c1[N+](=O)[O-])C(C)(C)c1[nH]c3cc(C#N)ccc3c1C2=O. The first-order chi connectivity index (χ1) is 12.8. The molecule has 1 aliphatic carbocycles. The van der Waals surface area contributed by atoms with E-state index in [1.54, 1.807) is 24.3 Å². The molecule has 3 aromatic rings. The molecule has 2 aromatic carbocycles. The number of aromatic nitrogens is 1. The predicted molar refractivity (Wildman–Crippen MR) is 98.2 cm³/mol. The van der Waals surface area contributed by atoms with Crippen molar-refractivity contribution in [2.45, 2.75) is 19.3 Å². The van der Waals surface area contributed by atoms with E-state index in [1.807, 2.05) is 13.8 Å². The van der Waals surface area contributed by atoms with Crippen molar-refractivity contribution in [1.82, 2.24) is 4.98 Å². The Morgan fingerprint density at radius 3 is 2.63 bits per heavy atom. The number of ether oxygens (including phenoxy) is 1. The van der Waals surface area contributed by atoms with Crippen molar-refractivity contribution in [2.24, 2.45) is 0 Å². The smallest absolute Gasteiger partial charge is 0.315 e. The van der Waals surface area contributed by atoms with E-state index in [0.717, 1.165) is 0 Å². The first-order valence-corrected chi connectivity index (χ1v) is 8.28. The van der Waals surface area contributed by atoms with Gasteiger partial charge in [0.05, 0.1) is 34.8 Å². The average molecular weight is 361 g/mol. The summed E-state index contributed by atoms with van der Waals surface area (Å²) < 4.78 is 5.18. The molecule has 7 heteroatoms. The topological polar surface area (TPSA) is 109 Å². The Bertz CT molecular complexity index is 1200. The fourth-order valence-corrected chi connectivity index (χ4v) is 3.97. The molecule has 0 fully saturated rings. The number of nitrogens with zero attached hydrogens (tertiary/aromatic N) is 2. The molecule has 27 heavy (non-hydrogen) atoms. The Balaban J connectivity index is 2.11. The lowest BCUT2D eigenvalue weighted by Crippen LogP contribution is -2.31. The average Bonchev–Trinajstić information content (AvgIpc) is 3.04. The van der Waals surface area contributed by atoms with E-state index in [-0.39, 0.29) is 17.2 Å². The molecule has 0 amide bonds. The number of fused-ring (bicyclic) bond motifs is 4. The third-order valence-corrected chi connectivity index (χ3v) is 5.19. The summed E-state index contributed by atoms with van der Waals surface area (Å²) in [5.74, 6) is -0.160. The number of benzene rings is 2. The second-order valence-corrected chi connectivity index (χ2v) is 7.00. The minimum Gasteiger partial charge on any atom is -0.490 e. The van der Waals surface area contributed by atoms with Crippen LogP contribution in [0, 0.1) is 21.4 Å². The van der Waals surface area contributed by atoms with Crippen molar-refractivity contribution in [3.8, 4) is 11.8 Å². The quantitative estimate of drug-likeness (QED) is 0.551. The number of nitro benzene ring substituents is 1. The number of ketones is 1. The van der Waals surface area contributed by atoms with E-state index in [2.05, 4.69) is 11.1 Å². The third-order valence-electron chi connectivity index (χ3n) is 5.19.